The SMILES string of the molecule is CC#CCOc1ccc(CN(Cc2cccnc2)C(=O)c2ccc(-c3ccccc3)cc2)cc1. The van der Waals surface area contributed by atoms with Crippen molar-refractivity contribution in [3.63, 3.8) is 0 Å². The minimum absolute atomic E-state index is 0.0259. The van der Waals surface area contributed by atoms with E-state index in [0.29, 0.717) is 25.3 Å². The molecule has 0 aliphatic heterocycles. The lowest BCUT2D eigenvalue weighted by Gasteiger charge is -2.23. The lowest BCUT2D eigenvalue weighted by molar-refractivity contribution is 0.0730. The second-order valence-electron chi connectivity index (χ2n) is 7.83. The minimum Gasteiger partial charge on any atom is -0.481 e. The molecule has 168 valence electrons. The second-order valence-corrected chi connectivity index (χ2v) is 7.83. The summed E-state index contributed by atoms with van der Waals surface area (Å²) in [5.74, 6) is 6.43. The first kappa shape index (κ1) is 22.8. The molecule has 34 heavy (non-hydrogen) atoms. The Labute approximate surface area is 200 Å². The summed E-state index contributed by atoms with van der Waals surface area (Å²) in [6, 6.07) is 29.6. The Bertz CT molecular complexity index is 1260. The highest BCUT2D eigenvalue weighted by molar-refractivity contribution is 5.94. The molecule has 0 atom stereocenters. The van der Waals surface area contributed by atoms with Gasteiger partial charge in [-0.2, -0.15) is 0 Å². The Morgan fingerprint density at radius 3 is 2.21 bits per heavy atom. The average molecular weight is 447 g/mol. The number of rotatable bonds is 8. The number of pyridine rings is 1. The smallest absolute Gasteiger partial charge is 0.254 e. The van der Waals surface area contributed by atoms with Gasteiger partial charge >= 0.3 is 0 Å². The first-order valence-corrected chi connectivity index (χ1v) is 11.2. The molecule has 4 aromatic rings. The van der Waals surface area contributed by atoms with Crippen LogP contribution in [0.5, 0.6) is 5.75 Å². The van der Waals surface area contributed by atoms with Crippen LogP contribution in [0.25, 0.3) is 11.1 Å². The van der Waals surface area contributed by atoms with Gasteiger partial charge in [-0.3, -0.25) is 9.78 Å². The van der Waals surface area contributed by atoms with E-state index in [1.54, 1.807) is 19.3 Å². The molecule has 0 spiro atoms. The summed E-state index contributed by atoms with van der Waals surface area (Å²) in [5.41, 5.74) is 4.86. The van der Waals surface area contributed by atoms with E-state index in [2.05, 4.69) is 29.0 Å². The molecule has 4 nitrogen and oxygen atoms in total. The van der Waals surface area contributed by atoms with Crippen LogP contribution in [0.2, 0.25) is 0 Å². The summed E-state index contributed by atoms with van der Waals surface area (Å²) in [7, 11) is 0. The summed E-state index contributed by atoms with van der Waals surface area (Å²) >= 11 is 0. The van der Waals surface area contributed by atoms with Gasteiger partial charge in [0.2, 0.25) is 0 Å². The minimum atomic E-state index is -0.0259. The van der Waals surface area contributed by atoms with Gasteiger partial charge in [-0.15, -0.1) is 5.92 Å². The molecule has 0 saturated carbocycles. The van der Waals surface area contributed by atoms with Gasteiger partial charge in [-0.25, -0.2) is 0 Å². The van der Waals surface area contributed by atoms with Crippen LogP contribution in [0.15, 0.2) is 103 Å². The first-order chi connectivity index (χ1) is 16.7. The monoisotopic (exact) mass is 446 g/mol. The van der Waals surface area contributed by atoms with Crippen LogP contribution < -0.4 is 4.74 Å². The molecular weight excluding hydrogens is 420 g/mol. The van der Waals surface area contributed by atoms with Crippen molar-refractivity contribution in [3.05, 3.63) is 120 Å². The number of hydrogen-bond donors (Lipinski definition) is 0. The van der Waals surface area contributed by atoms with Gasteiger partial charge in [0, 0.05) is 31.0 Å². The van der Waals surface area contributed by atoms with Crippen molar-refractivity contribution in [2.45, 2.75) is 20.0 Å². The lowest BCUT2D eigenvalue weighted by atomic mass is 10.0. The third kappa shape index (κ3) is 6.11. The molecule has 1 heterocycles. The highest BCUT2D eigenvalue weighted by Crippen LogP contribution is 2.21. The highest BCUT2D eigenvalue weighted by atomic mass is 16.5. The number of carbonyl (C=O) groups excluding carboxylic acids is 1. The van der Waals surface area contributed by atoms with Crippen LogP contribution >= 0.6 is 0 Å². The zero-order valence-electron chi connectivity index (χ0n) is 19.1. The molecule has 0 bridgehead atoms. The highest BCUT2D eigenvalue weighted by Gasteiger charge is 2.17. The molecule has 4 heteroatoms. The average Bonchev–Trinajstić information content (AvgIpc) is 2.90. The fraction of sp³-hybridized carbons (Fsp3) is 0.133. The quantitative estimate of drug-likeness (QED) is 0.312. The van der Waals surface area contributed by atoms with Crippen molar-refractivity contribution in [1.82, 2.24) is 9.88 Å². The molecule has 1 amide bonds. The van der Waals surface area contributed by atoms with Gasteiger partial charge in [0.25, 0.3) is 5.91 Å². The van der Waals surface area contributed by atoms with Gasteiger partial charge in [0.15, 0.2) is 0 Å². The molecule has 0 saturated heterocycles. The Kier molecular flexibility index (Phi) is 7.71. The molecule has 0 N–H and O–H groups in total. The van der Waals surface area contributed by atoms with E-state index in [9.17, 15) is 4.79 Å². The van der Waals surface area contributed by atoms with Crippen molar-refractivity contribution in [2.24, 2.45) is 0 Å². The van der Waals surface area contributed by atoms with Crippen molar-refractivity contribution < 1.29 is 9.53 Å². The Morgan fingerprint density at radius 2 is 1.53 bits per heavy atom. The summed E-state index contributed by atoms with van der Waals surface area (Å²) < 4.78 is 5.60. The van der Waals surface area contributed by atoms with E-state index < -0.39 is 0 Å². The summed E-state index contributed by atoms with van der Waals surface area (Å²) in [6.07, 6.45) is 3.53. The van der Waals surface area contributed by atoms with Crippen molar-refractivity contribution >= 4 is 5.91 Å². The molecule has 0 aliphatic carbocycles. The molecule has 1 aromatic heterocycles. The first-order valence-electron chi connectivity index (χ1n) is 11.2. The predicted molar refractivity (Wildman–Crippen MR) is 135 cm³/mol. The van der Waals surface area contributed by atoms with Crippen LogP contribution in [0.4, 0.5) is 0 Å². The number of aromatic nitrogens is 1. The number of carbonyl (C=O) groups is 1. The van der Waals surface area contributed by atoms with Gasteiger partial charge in [-0.05, 0) is 59.5 Å². The van der Waals surface area contributed by atoms with Crippen molar-refractivity contribution in [1.29, 1.82) is 0 Å². The van der Waals surface area contributed by atoms with E-state index in [1.807, 2.05) is 83.8 Å². The molecular formula is C30H26N2O2. The zero-order chi connectivity index (χ0) is 23.6. The second kappa shape index (κ2) is 11.5. The van der Waals surface area contributed by atoms with E-state index in [4.69, 9.17) is 4.74 Å². The third-order valence-corrected chi connectivity index (χ3v) is 5.41. The van der Waals surface area contributed by atoms with Gasteiger partial charge in [0.05, 0.1) is 0 Å². The molecule has 0 fully saturated rings. The van der Waals surface area contributed by atoms with E-state index in [-0.39, 0.29) is 5.91 Å². The molecule has 0 aliphatic rings. The van der Waals surface area contributed by atoms with Gasteiger partial charge in [0.1, 0.15) is 12.4 Å². The van der Waals surface area contributed by atoms with Crippen LogP contribution in [0, 0.1) is 11.8 Å². The van der Waals surface area contributed by atoms with E-state index in [1.165, 1.54) is 0 Å². The maximum atomic E-state index is 13.5. The van der Waals surface area contributed by atoms with E-state index in [0.717, 1.165) is 28.0 Å². The fourth-order valence-electron chi connectivity index (χ4n) is 3.63. The maximum Gasteiger partial charge on any atom is 0.254 e. The Hall–Kier alpha value is -4.36. The largest absolute Gasteiger partial charge is 0.481 e. The Balaban J connectivity index is 1.53. The third-order valence-electron chi connectivity index (χ3n) is 5.41. The van der Waals surface area contributed by atoms with E-state index >= 15 is 0 Å². The van der Waals surface area contributed by atoms with Crippen molar-refractivity contribution in [3.8, 4) is 28.7 Å². The van der Waals surface area contributed by atoms with Gasteiger partial charge in [-0.1, -0.05) is 66.6 Å². The van der Waals surface area contributed by atoms with Crippen LogP contribution in [0.3, 0.4) is 0 Å². The predicted octanol–water partition coefficient (Wildman–Crippen LogP) is 5.99. The summed E-state index contributed by atoms with van der Waals surface area (Å²) in [5, 5.41) is 0. The number of amides is 1. The topological polar surface area (TPSA) is 42.4 Å². The number of nitrogens with zero attached hydrogens (tertiary/aromatic N) is 2. The fourth-order valence-corrected chi connectivity index (χ4v) is 3.63. The molecule has 3 aromatic carbocycles. The Morgan fingerprint density at radius 1 is 0.824 bits per heavy atom. The van der Waals surface area contributed by atoms with Crippen LogP contribution in [-0.2, 0) is 13.1 Å². The summed E-state index contributed by atoms with van der Waals surface area (Å²) in [4.78, 5) is 19.6. The molecule has 0 radical (unpaired) electrons. The summed E-state index contributed by atoms with van der Waals surface area (Å²) in [6.45, 7) is 3.09. The molecule has 4 rings (SSSR count). The number of benzene rings is 3. The maximum absolute atomic E-state index is 13.5. The standard InChI is InChI=1S/C30H26N2O2/c1-2-3-20-34-29-17-11-24(12-18-29)22-32(23-25-8-7-19-31-21-25)30(33)28-15-13-27(14-16-28)26-9-5-4-6-10-26/h4-19,21H,20,22-23H2,1H3. The van der Waals surface area contributed by atoms with Gasteiger partial charge < -0.3 is 9.64 Å². The van der Waals surface area contributed by atoms with Crippen molar-refractivity contribution in [2.75, 3.05) is 6.61 Å². The van der Waals surface area contributed by atoms with Crippen LogP contribution in [-0.4, -0.2) is 22.4 Å². The lowest BCUT2D eigenvalue weighted by Crippen LogP contribution is -2.30. The molecule has 0 unspecified atom stereocenters. The number of ether oxygens (including phenoxy) is 1. The zero-order valence-corrected chi connectivity index (χ0v) is 19.1. The number of hydrogen-bond acceptors (Lipinski definition) is 3. The normalized spacial score (nSPS) is 10.1. The van der Waals surface area contributed by atoms with Crippen LogP contribution in [0.1, 0.15) is 28.4 Å².